The lowest BCUT2D eigenvalue weighted by atomic mass is 10.1. The van der Waals surface area contributed by atoms with Crippen LogP contribution in [0.2, 0.25) is 0 Å². The molecule has 98 valence electrons. The molecule has 19 heavy (non-hydrogen) atoms. The Balaban J connectivity index is 2.86. The van der Waals surface area contributed by atoms with Crippen molar-refractivity contribution in [1.29, 1.82) is 5.26 Å². The molecular weight excluding hydrogens is 252 g/mol. The Bertz CT molecular complexity index is 577. The Morgan fingerprint density at radius 3 is 2.68 bits per heavy atom. The summed E-state index contributed by atoms with van der Waals surface area (Å²) in [5, 5.41) is 23.3. The van der Waals surface area contributed by atoms with Gasteiger partial charge in [-0.3, -0.25) is 19.7 Å². The van der Waals surface area contributed by atoms with Crippen LogP contribution < -0.4 is 10.6 Å². The van der Waals surface area contributed by atoms with E-state index in [1.54, 1.807) is 6.07 Å². The molecule has 0 unspecified atom stereocenters. The fourth-order valence-corrected chi connectivity index (χ4v) is 1.34. The predicted molar refractivity (Wildman–Crippen MR) is 65.1 cm³/mol. The lowest BCUT2D eigenvalue weighted by molar-refractivity contribution is -0.385. The number of hydrogen-bond donors (Lipinski definition) is 2. The minimum absolute atomic E-state index is 0.157. The first-order valence-corrected chi connectivity index (χ1v) is 5.17. The summed E-state index contributed by atoms with van der Waals surface area (Å²) in [6.07, 6.45) is 0. The molecule has 0 fully saturated rings. The second-order valence-electron chi connectivity index (χ2n) is 3.50. The Labute approximate surface area is 108 Å². The Morgan fingerprint density at radius 2 is 2.11 bits per heavy atom. The lowest BCUT2D eigenvalue weighted by Gasteiger charge is -2.07. The largest absolute Gasteiger partial charge is 0.335 e. The number of nitriles is 1. The molecule has 0 spiro atoms. The van der Waals surface area contributed by atoms with Crippen LogP contribution in [0.15, 0.2) is 18.2 Å². The highest BCUT2D eigenvalue weighted by atomic mass is 16.6. The Kier molecular flexibility index (Phi) is 4.54. The van der Waals surface area contributed by atoms with E-state index in [1.165, 1.54) is 25.1 Å². The van der Waals surface area contributed by atoms with Crippen molar-refractivity contribution >= 4 is 23.2 Å². The third-order valence-electron chi connectivity index (χ3n) is 2.28. The molecule has 0 aliphatic heterocycles. The molecular formula is C11H10N4O4. The van der Waals surface area contributed by atoms with E-state index in [-0.39, 0.29) is 23.5 Å². The smallest absolute Gasteiger partial charge is 0.313 e. The third-order valence-corrected chi connectivity index (χ3v) is 2.28. The van der Waals surface area contributed by atoms with Crippen LogP contribution in [0.25, 0.3) is 0 Å². The maximum Gasteiger partial charge on any atom is 0.313 e. The van der Waals surface area contributed by atoms with Crippen molar-refractivity contribution < 1.29 is 14.5 Å². The third kappa shape index (κ3) is 3.50. The molecule has 1 aromatic rings. The fourth-order valence-electron chi connectivity index (χ4n) is 1.34. The number of nitro groups is 1. The van der Waals surface area contributed by atoms with Crippen molar-refractivity contribution in [2.45, 2.75) is 6.92 Å². The Morgan fingerprint density at radius 1 is 1.42 bits per heavy atom. The fraction of sp³-hybridized carbons (Fsp3) is 0.182. The molecule has 0 bridgehead atoms. The van der Waals surface area contributed by atoms with Crippen molar-refractivity contribution in [3.63, 3.8) is 0 Å². The summed E-state index contributed by atoms with van der Waals surface area (Å²) in [7, 11) is 0. The number of carbonyl (C=O) groups is 2. The number of carbonyl (C=O) groups excluding carboxylic acids is 2. The SMILES string of the molecule is Cc1c(NC(=O)C(=O)NCC#N)cccc1[N+](=O)[O-]. The van der Waals surface area contributed by atoms with Gasteiger partial charge >= 0.3 is 11.8 Å². The number of amides is 2. The summed E-state index contributed by atoms with van der Waals surface area (Å²) in [6.45, 7) is 1.17. The minimum atomic E-state index is -0.987. The zero-order valence-corrected chi connectivity index (χ0v) is 9.97. The van der Waals surface area contributed by atoms with Crippen LogP contribution in [0, 0.1) is 28.4 Å². The van der Waals surface area contributed by atoms with Gasteiger partial charge in [0.15, 0.2) is 0 Å². The van der Waals surface area contributed by atoms with Crippen LogP contribution >= 0.6 is 0 Å². The van der Waals surface area contributed by atoms with Gasteiger partial charge in [-0.1, -0.05) is 6.07 Å². The van der Waals surface area contributed by atoms with Crippen molar-refractivity contribution in [2.75, 3.05) is 11.9 Å². The van der Waals surface area contributed by atoms with E-state index < -0.39 is 16.7 Å². The molecule has 0 radical (unpaired) electrons. The van der Waals surface area contributed by atoms with E-state index in [2.05, 4.69) is 10.6 Å². The molecule has 1 aromatic carbocycles. The van der Waals surface area contributed by atoms with E-state index in [0.717, 1.165) is 0 Å². The first-order valence-electron chi connectivity index (χ1n) is 5.17. The molecule has 8 heteroatoms. The van der Waals surface area contributed by atoms with E-state index >= 15 is 0 Å². The van der Waals surface area contributed by atoms with Gasteiger partial charge in [-0.25, -0.2) is 0 Å². The number of nitrogens with one attached hydrogen (secondary N) is 2. The van der Waals surface area contributed by atoms with Crippen molar-refractivity contribution in [3.05, 3.63) is 33.9 Å². The maximum absolute atomic E-state index is 11.4. The molecule has 0 aliphatic carbocycles. The van der Waals surface area contributed by atoms with Gasteiger partial charge in [0, 0.05) is 6.07 Å². The second-order valence-corrected chi connectivity index (χ2v) is 3.50. The summed E-state index contributed by atoms with van der Waals surface area (Å²) in [6, 6.07) is 5.78. The standard InChI is InChI=1S/C11H10N4O4/c1-7-8(3-2-4-9(7)15(18)19)14-11(17)10(16)13-6-5-12/h2-4H,6H2,1H3,(H,13,16)(H,14,17). The van der Waals surface area contributed by atoms with E-state index in [4.69, 9.17) is 5.26 Å². The van der Waals surface area contributed by atoms with E-state index in [1.807, 2.05) is 0 Å². The van der Waals surface area contributed by atoms with Crippen LogP contribution in [0.1, 0.15) is 5.56 Å². The number of anilines is 1. The van der Waals surface area contributed by atoms with Crippen LogP contribution in [0.5, 0.6) is 0 Å². The number of nitro benzene ring substituents is 1. The molecule has 2 N–H and O–H groups in total. The molecule has 1 rings (SSSR count). The van der Waals surface area contributed by atoms with Gasteiger partial charge in [0.25, 0.3) is 5.69 Å². The highest BCUT2D eigenvalue weighted by Gasteiger charge is 2.18. The normalized spacial score (nSPS) is 9.26. The van der Waals surface area contributed by atoms with Gasteiger partial charge < -0.3 is 10.6 Å². The molecule has 0 heterocycles. The average molecular weight is 262 g/mol. The van der Waals surface area contributed by atoms with Gasteiger partial charge in [0.2, 0.25) is 0 Å². The first-order chi connectivity index (χ1) is 8.97. The van der Waals surface area contributed by atoms with E-state index in [0.29, 0.717) is 0 Å². The maximum atomic E-state index is 11.4. The number of hydrogen-bond acceptors (Lipinski definition) is 5. The quantitative estimate of drug-likeness (QED) is 0.354. The summed E-state index contributed by atoms with van der Waals surface area (Å²) in [4.78, 5) is 32.8. The minimum Gasteiger partial charge on any atom is -0.335 e. The Hall–Kier alpha value is -2.95. The molecule has 0 saturated heterocycles. The molecule has 0 aromatic heterocycles. The van der Waals surface area contributed by atoms with Crippen LogP contribution in [-0.4, -0.2) is 23.3 Å². The average Bonchev–Trinajstić information content (AvgIpc) is 2.37. The highest BCUT2D eigenvalue weighted by molar-refractivity contribution is 6.39. The monoisotopic (exact) mass is 262 g/mol. The topological polar surface area (TPSA) is 125 Å². The van der Waals surface area contributed by atoms with Crippen LogP contribution in [-0.2, 0) is 9.59 Å². The number of nitrogens with zero attached hydrogens (tertiary/aromatic N) is 2. The number of benzene rings is 1. The second kappa shape index (κ2) is 6.11. The zero-order valence-electron chi connectivity index (χ0n) is 9.97. The molecule has 2 amide bonds. The first kappa shape index (κ1) is 14.1. The van der Waals surface area contributed by atoms with Crippen molar-refractivity contribution in [2.24, 2.45) is 0 Å². The van der Waals surface area contributed by atoms with Gasteiger partial charge in [-0.15, -0.1) is 0 Å². The molecule has 0 atom stereocenters. The highest BCUT2D eigenvalue weighted by Crippen LogP contribution is 2.24. The molecule has 0 aliphatic rings. The van der Waals surface area contributed by atoms with Gasteiger partial charge in [-0.2, -0.15) is 5.26 Å². The van der Waals surface area contributed by atoms with Gasteiger partial charge in [-0.05, 0) is 13.0 Å². The predicted octanol–water partition coefficient (Wildman–Crippen LogP) is 0.481. The summed E-state index contributed by atoms with van der Waals surface area (Å²) < 4.78 is 0. The van der Waals surface area contributed by atoms with Crippen LogP contribution in [0.3, 0.4) is 0 Å². The van der Waals surface area contributed by atoms with Crippen molar-refractivity contribution in [3.8, 4) is 6.07 Å². The van der Waals surface area contributed by atoms with Crippen LogP contribution in [0.4, 0.5) is 11.4 Å². The van der Waals surface area contributed by atoms with Gasteiger partial charge in [0.05, 0.1) is 22.2 Å². The molecule has 0 saturated carbocycles. The van der Waals surface area contributed by atoms with E-state index in [9.17, 15) is 19.7 Å². The summed E-state index contributed by atoms with van der Waals surface area (Å²) in [5.74, 6) is -1.97. The zero-order chi connectivity index (χ0) is 14.4. The molecule has 8 nitrogen and oxygen atoms in total. The number of rotatable bonds is 3. The van der Waals surface area contributed by atoms with Gasteiger partial charge in [0.1, 0.15) is 6.54 Å². The van der Waals surface area contributed by atoms with Crippen molar-refractivity contribution in [1.82, 2.24) is 5.32 Å². The lowest BCUT2D eigenvalue weighted by Crippen LogP contribution is -2.35. The summed E-state index contributed by atoms with van der Waals surface area (Å²) in [5.41, 5.74) is 0.260. The summed E-state index contributed by atoms with van der Waals surface area (Å²) >= 11 is 0.